The summed E-state index contributed by atoms with van der Waals surface area (Å²) in [6.07, 6.45) is 1.48. The van der Waals surface area contributed by atoms with Crippen LogP contribution in [-0.2, 0) is 9.59 Å². The lowest BCUT2D eigenvalue weighted by molar-refractivity contribution is -0.116. The van der Waals surface area contributed by atoms with Gasteiger partial charge in [0.2, 0.25) is 5.91 Å². The Morgan fingerprint density at radius 1 is 0.769 bits per heavy atom. The third-order valence-corrected chi connectivity index (χ3v) is 9.63. The summed E-state index contributed by atoms with van der Waals surface area (Å²) in [7, 11) is 1.58. The Labute approximate surface area is 310 Å². The number of furan rings is 1. The lowest BCUT2D eigenvalue weighted by Crippen LogP contribution is -2.30. The minimum absolute atomic E-state index is 0.0229. The van der Waals surface area contributed by atoms with Gasteiger partial charge in [-0.15, -0.1) is 11.8 Å². The number of aryl methyl sites for hydroxylation is 1. The smallest absolute Gasteiger partial charge is 0.272 e. The number of anilines is 2. The van der Waals surface area contributed by atoms with Crippen LogP contribution in [0.1, 0.15) is 32.5 Å². The van der Waals surface area contributed by atoms with Gasteiger partial charge in [0.1, 0.15) is 28.2 Å². The van der Waals surface area contributed by atoms with E-state index in [0.717, 1.165) is 21.6 Å². The molecule has 0 saturated heterocycles. The van der Waals surface area contributed by atoms with E-state index in [2.05, 4.69) is 16.0 Å². The monoisotopic (exact) mass is 727 g/mol. The van der Waals surface area contributed by atoms with Gasteiger partial charge in [0, 0.05) is 32.9 Å². The maximum absolute atomic E-state index is 13.7. The van der Waals surface area contributed by atoms with Crippen LogP contribution in [-0.4, -0.2) is 24.8 Å². The molecule has 1 aromatic heterocycles. The van der Waals surface area contributed by atoms with E-state index in [4.69, 9.17) is 20.8 Å². The van der Waals surface area contributed by atoms with E-state index in [1.54, 1.807) is 67.8 Å². The van der Waals surface area contributed by atoms with Crippen molar-refractivity contribution in [3.05, 3.63) is 173 Å². The zero-order valence-corrected chi connectivity index (χ0v) is 29.8. The second-order valence-corrected chi connectivity index (χ2v) is 13.2. The predicted octanol–water partition coefficient (Wildman–Crippen LogP) is 9.80. The molecule has 8 nitrogen and oxygen atoms in total. The largest absolute Gasteiger partial charge is 0.496 e. The minimum atomic E-state index is -0.571. The summed E-state index contributed by atoms with van der Waals surface area (Å²) in [5.41, 5.74) is 3.95. The van der Waals surface area contributed by atoms with E-state index < -0.39 is 17.1 Å². The zero-order valence-electron chi connectivity index (χ0n) is 28.3. The number of hydrogen-bond acceptors (Lipinski definition) is 6. The molecular weight excluding hydrogens is 694 g/mol. The van der Waals surface area contributed by atoms with Gasteiger partial charge in [0.05, 0.1) is 12.7 Å². The van der Waals surface area contributed by atoms with E-state index in [1.165, 1.54) is 17.8 Å². The molecule has 3 amide bonds. The Hall–Kier alpha value is -6.03. The van der Waals surface area contributed by atoms with Gasteiger partial charge in [-0.25, -0.2) is 0 Å². The van der Waals surface area contributed by atoms with Crippen LogP contribution in [0.4, 0.5) is 11.4 Å². The van der Waals surface area contributed by atoms with Crippen molar-refractivity contribution in [2.75, 3.05) is 17.7 Å². The number of thioether (sulfide) groups is 1. The Kier molecular flexibility index (Phi) is 11.6. The summed E-state index contributed by atoms with van der Waals surface area (Å²) in [4.78, 5) is 41.2. The predicted molar refractivity (Wildman–Crippen MR) is 208 cm³/mol. The zero-order chi connectivity index (χ0) is 36.5. The van der Waals surface area contributed by atoms with Gasteiger partial charge in [-0.2, -0.15) is 0 Å². The number of amides is 3. The lowest BCUT2D eigenvalue weighted by Gasteiger charge is -2.18. The number of benzene rings is 5. The van der Waals surface area contributed by atoms with Gasteiger partial charge in [-0.05, 0) is 90.8 Å². The Morgan fingerprint density at radius 3 is 2.15 bits per heavy atom. The number of halogens is 1. The molecule has 10 heteroatoms. The topological polar surface area (TPSA) is 110 Å². The molecular formula is C42H34ClN3O5S. The van der Waals surface area contributed by atoms with Gasteiger partial charge in [-0.3, -0.25) is 14.4 Å². The highest BCUT2D eigenvalue weighted by Gasteiger charge is 2.23. The minimum Gasteiger partial charge on any atom is -0.496 e. The van der Waals surface area contributed by atoms with Crippen LogP contribution >= 0.6 is 23.4 Å². The number of ether oxygens (including phenoxy) is 1. The first kappa shape index (κ1) is 35.8. The van der Waals surface area contributed by atoms with Gasteiger partial charge in [-0.1, -0.05) is 78.3 Å². The standard InChI is InChI=1S/C42H34ClN3O5S/c1-27-17-18-31(25-35(27)43)45-42(49)39(28-11-5-3-6-12-28)52-33-22-19-30(20-23-33)44-41(48)36(46-40(47)29-13-7-4-8-14-29)26-32-21-24-38(51-32)34-15-9-10-16-37(34)50-2/h3-26,39H,1-2H3,(H,44,48)(H,45,49)(H,46,47)/b36-26+. The molecule has 0 saturated carbocycles. The van der Waals surface area contributed by atoms with Crippen molar-refractivity contribution in [1.82, 2.24) is 5.32 Å². The van der Waals surface area contributed by atoms with Crippen molar-refractivity contribution >= 4 is 58.5 Å². The first-order valence-corrected chi connectivity index (χ1v) is 17.5. The summed E-state index contributed by atoms with van der Waals surface area (Å²) < 4.78 is 11.5. The summed E-state index contributed by atoms with van der Waals surface area (Å²) >= 11 is 7.68. The highest BCUT2D eigenvalue weighted by Crippen LogP contribution is 2.37. The fourth-order valence-electron chi connectivity index (χ4n) is 5.24. The Bertz CT molecular complexity index is 2220. The van der Waals surface area contributed by atoms with Crippen molar-refractivity contribution < 1.29 is 23.5 Å². The molecule has 6 aromatic rings. The summed E-state index contributed by atoms with van der Waals surface area (Å²) in [6, 6.07) is 41.6. The molecule has 1 unspecified atom stereocenters. The molecule has 1 heterocycles. The lowest BCUT2D eigenvalue weighted by atomic mass is 10.1. The SMILES string of the molecule is COc1ccccc1-c1ccc(/C=C(/NC(=O)c2ccccc2)C(=O)Nc2ccc(SC(C(=O)Nc3ccc(C)c(Cl)c3)c3ccccc3)cc2)o1. The average Bonchev–Trinajstić information content (AvgIpc) is 3.64. The fraction of sp³-hybridized carbons (Fsp3) is 0.0714. The molecule has 0 spiro atoms. The highest BCUT2D eigenvalue weighted by atomic mass is 35.5. The molecule has 260 valence electrons. The molecule has 0 aliphatic heterocycles. The van der Waals surface area contributed by atoms with E-state index in [9.17, 15) is 14.4 Å². The molecule has 5 aromatic carbocycles. The molecule has 0 aliphatic rings. The number of rotatable bonds is 12. The highest BCUT2D eigenvalue weighted by molar-refractivity contribution is 8.00. The molecule has 3 N–H and O–H groups in total. The quantitative estimate of drug-likeness (QED) is 0.0856. The van der Waals surface area contributed by atoms with Crippen LogP contribution in [0.3, 0.4) is 0 Å². The van der Waals surface area contributed by atoms with Crippen molar-refractivity contribution in [1.29, 1.82) is 0 Å². The van der Waals surface area contributed by atoms with Gasteiger partial charge in [0.15, 0.2) is 0 Å². The van der Waals surface area contributed by atoms with Gasteiger partial charge >= 0.3 is 0 Å². The van der Waals surface area contributed by atoms with Crippen molar-refractivity contribution in [3.63, 3.8) is 0 Å². The second kappa shape index (κ2) is 16.8. The van der Waals surface area contributed by atoms with Crippen LogP contribution in [0.25, 0.3) is 17.4 Å². The van der Waals surface area contributed by atoms with Crippen molar-refractivity contribution in [2.24, 2.45) is 0 Å². The van der Waals surface area contributed by atoms with E-state index >= 15 is 0 Å². The molecule has 6 rings (SSSR count). The fourth-order valence-corrected chi connectivity index (χ4v) is 6.44. The Balaban J connectivity index is 1.21. The normalized spacial score (nSPS) is 11.7. The van der Waals surface area contributed by atoms with E-state index in [0.29, 0.717) is 39.2 Å². The van der Waals surface area contributed by atoms with Crippen LogP contribution in [0.5, 0.6) is 5.75 Å². The first-order valence-electron chi connectivity index (χ1n) is 16.3. The van der Waals surface area contributed by atoms with E-state index in [1.807, 2.05) is 85.8 Å². The molecule has 0 radical (unpaired) electrons. The van der Waals surface area contributed by atoms with Crippen molar-refractivity contribution in [2.45, 2.75) is 17.1 Å². The van der Waals surface area contributed by atoms with Crippen LogP contribution in [0, 0.1) is 6.92 Å². The molecule has 0 aliphatic carbocycles. The molecule has 0 fully saturated rings. The molecule has 1 atom stereocenters. The number of carbonyl (C=O) groups is 3. The number of methoxy groups -OCH3 is 1. The second-order valence-electron chi connectivity index (χ2n) is 11.6. The number of hydrogen-bond donors (Lipinski definition) is 3. The number of para-hydroxylation sites is 1. The number of carbonyl (C=O) groups excluding carboxylic acids is 3. The Morgan fingerprint density at radius 2 is 1.44 bits per heavy atom. The van der Waals surface area contributed by atoms with Crippen LogP contribution in [0.2, 0.25) is 5.02 Å². The first-order chi connectivity index (χ1) is 25.3. The van der Waals surface area contributed by atoms with Crippen LogP contribution < -0.4 is 20.7 Å². The third kappa shape index (κ3) is 9.00. The molecule has 0 bridgehead atoms. The molecule has 52 heavy (non-hydrogen) atoms. The summed E-state index contributed by atoms with van der Waals surface area (Å²) in [5.74, 6) is 0.308. The summed E-state index contributed by atoms with van der Waals surface area (Å²) in [6.45, 7) is 1.90. The third-order valence-electron chi connectivity index (χ3n) is 7.96. The number of nitrogens with one attached hydrogen (secondary N) is 3. The van der Waals surface area contributed by atoms with Crippen molar-refractivity contribution in [3.8, 4) is 17.1 Å². The van der Waals surface area contributed by atoms with Gasteiger partial charge in [0.25, 0.3) is 11.8 Å². The average molecular weight is 728 g/mol. The van der Waals surface area contributed by atoms with Crippen LogP contribution in [0.15, 0.2) is 155 Å². The maximum atomic E-state index is 13.7. The van der Waals surface area contributed by atoms with Gasteiger partial charge < -0.3 is 25.1 Å². The summed E-state index contributed by atoms with van der Waals surface area (Å²) in [5, 5.41) is 8.59. The van der Waals surface area contributed by atoms with E-state index in [-0.39, 0.29) is 11.6 Å². The maximum Gasteiger partial charge on any atom is 0.272 e.